The van der Waals surface area contributed by atoms with E-state index in [2.05, 4.69) is 10.3 Å². The molecule has 3 amide bonds. The van der Waals surface area contributed by atoms with Crippen LogP contribution in [0.5, 0.6) is 0 Å². The highest BCUT2D eigenvalue weighted by molar-refractivity contribution is 6.06. The number of carbonyl (C=O) groups excluding carboxylic acids is 3. The Hall–Kier alpha value is -2.76. The van der Waals surface area contributed by atoms with Crippen molar-refractivity contribution < 1.29 is 14.4 Å². The van der Waals surface area contributed by atoms with Crippen LogP contribution in [0.2, 0.25) is 0 Å². The molecule has 1 aromatic heterocycles. The summed E-state index contributed by atoms with van der Waals surface area (Å²) in [5.74, 6) is -0.260. The van der Waals surface area contributed by atoms with Crippen LogP contribution in [0, 0.1) is 0 Å². The Balaban J connectivity index is 1.98. The van der Waals surface area contributed by atoms with E-state index in [1.807, 2.05) is 6.07 Å². The molecule has 1 N–H and O–H groups in total. The van der Waals surface area contributed by atoms with Crippen LogP contribution in [0.25, 0.3) is 10.9 Å². The average Bonchev–Trinajstić information content (AvgIpc) is 2.46. The van der Waals surface area contributed by atoms with Crippen molar-refractivity contribution in [3.8, 4) is 0 Å². The Morgan fingerprint density at radius 1 is 1.20 bits per heavy atom. The molecule has 1 aromatic carbocycles. The second kappa shape index (κ2) is 4.73. The van der Waals surface area contributed by atoms with E-state index >= 15 is 0 Å². The maximum Gasteiger partial charge on any atom is 0.328 e. The number of anilines is 1. The maximum atomic E-state index is 11.8. The molecule has 6 nitrogen and oxygen atoms in total. The number of aromatic nitrogens is 1. The first-order valence-electron chi connectivity index (χ1n) is 6.15. The molecule has 1 aliphatic rings. The van der Waals surface area contributed by atoms with Crippen molar-refractivity contribution in [3.63, 3.8) is 0 Å². The summed E-state index contributed by atoms with van der Waals surface area (Å²) in [7, 11) is 0. The van der Waals surface area contributed by atoms with Crippen molar-refractivity contribution in [1.82, 2.24) is 10.3 Å². The second-order valence-electron chi connectivity index (χ2n) is 4.49. The van der Waals surface area contributed by atoms with Crippen molar-refractivity contribution in [2.75, 3.05) is 11.4 Å². The van der Waals surface area contributed by atoms with Gasteiger partial charge in [0.1, 0.15) is 5.69 Å². The van der Waals surface area contributed by atoms with Gasteiger partial charge in [-0.3, -0.25) is 19.8 Å². The number of benzene rings is 1. The van der Waals surface area contributed by atoms with Gasteiger partial charge in [0, 0.05) is 24.0 Å². The molecule has 100 valence electrons. The van der Waals surface area contributed by atoms with Crippen LogP contribution in [0.1, 0.15) is 16.9 Å². The molecular weight excluding hydrogens is 258 g/mol. The monoisotopic (exact) mass is 269 g/mol. The van der Waals surface area contributed by atoms with Gasteiger partial charge in [0.05, 0.1) is 5.52 Å². The lowest BCUT2D eigenvalue weighted by atomic mass is 10.1. The van der Waals surface area contributed by atoms with Crippen LogP contribution in [0.4, 0.5) is 10.5 Å². The summed E-state index contributed by atoms with van der Waals surface area (Å²) in [5.41, 5.74) is 1.75. The van der Waals surface area contributed by atoms with Gasteiger partial charge in [-0.05, 0) is 24.3 Å². The smallest absolute Gasteiger partial charge is 0.296 e. The first-order chi connectivity index (χ1) is 9.67. The highest BCUT2D eigenvalue weighted by Crippen LogP contribution is 2.22. The van der Waals surface area contributed by atoms with E-state index in [9.17, 15) is 14.4 Å². The summed E-state index contributed by atoms with van der Waals surface area (Å²) in [6.07, 6.45) is 0.975. The number of fused-ring (bicyclic) bond motifs is 1. The molecule has 1 aliphatic heterocycles. The first-order valence-corrected chi connectivity index (χ1v) is 6.15. The van der Waals surface area contributed by atoms with Gasteiger partial charge < -0.3 is 0 Å². The summed E-state index contributed by atoms with van der Waals surface area (Å²) in [6.45, 7) is 0.357. The van der Waals surface area contributed by atoms with E-state index in [-0.39, 0.29) is 12.3 Å². The lowest BCUT2D eigenvalue weighted by molar-refractivity contribution is -0.120. The van der Waals surface area contributed by atoms with Crippen LogP contribution in [0.3, 0.4) is 0 Å². The van der Waals surface area contributed by atoms with Gasteiger partial charge in [-0.15, -0.1) is 0 Å². The minimum Gasteiger partial charge on any atom is -0.296 e. The lowest BCUT2D eigenvalue weighted by Crippen LogP contribution is -2.49. The molecule has 0 spiro atoms. The Kier molecular flexibility index (Phi) is 2.90. The second-order valence-corrected chi connectivity index (χ2v) is 4.49. The van der Waals surface area contributed by atoms with Crippen LogP contribution in [-0.2, 0) is 4.79 Å². The summed E-state index contributed by atoms with van der Waals surface area (Å²) >= 11 is 0. The third-order valence-electron chi connectivity index (χ3n) is 3.18. The lowest BCUT2D eigenvalue weighted by Gasteiger charge is -2.26. The van der Waals surface area contributed by atoms with Crippen molar-refractivity contribution in [2.45, 2.75) is 6.42 Å². The number of amides is 3. The first kappa shape index (κ1) is 12.3. The van der Waals surface area contributed by atoms with E-state index in [0.717, 1.165) is 5.39 Å². The number of aldehydes is 1. The molecule has 0 radical (unpaired) electrons. The molecule has 0 aliphatic carbocycles. The molecule has 0 atom stereocenters. The molecule has 1 saturated heterocycles. The van der Waals surface area contributed by atoms with Gasteiger partial charge in [-0.2, -0.15) is 0 Å². The molecule has 0 bridgehead atoms. The predicted octanol–water partition coefficient (Wildman–Crippen LogP) is 1.49. The topological polar surface area (TPSA) is 79.4 Å². The quantitative estimate of drug-likeness (QED) is 0.838. The fourth-order valence-electron chi connectivity index (χ4n) is 2.17. The van der Waals surface area contributed by atoms with E-state index in [0.29, 0.717) is 29.7 Å². The minimum atomic E-state index is -0.418. The van der Waals surface area contributed by atoms with E-state index in [1.54, 1.807) is 24.3 Å². The van der Waals surface area contributed by atoms with Gasteiger partial charge in [-0.25, -0.2) is 9.78 Å². The zero-order valence-corrected chi connectivity index (χ0v) is 10.5. The summed E-state index contributed by atoms with van der Waals surface area (Å²) in [6, 6.07) is 8.30. The van der Waals surface area contributed by atoms with Crippen LogP contribution in [-0.4, -0.2) is 29.8 Å². The number of hydrogen-bond acceptors (Lipinski definition) is 4. The Labute approximate surface area is 114 Å². The molecule has 2 aromatic rings. The standard InChI is InChI=1S/C14H11N3O3/c18-8-10-2-1-9-7-11(3-4-12(9)15-10)17-6-5-13(19)16-14(17)20/h1-4,7-8H,5-6H2,(H,16,19,20). The number of hydrogen-bond donors (Lipinski definition) is 1. The molecule has 6 heteroatoms. The zero-order chi connectivity index (χ0) is 14.1. The highest BCUT2D eigenvalue weighted by atomic mass is 16.2. The van der Waals surface area contributed by atoms with Gasteiger partial charge in [0.15, 0.2) is 6.29 Å². The summed E-state index contributed by atoms with van der Waals surface area (Å²) in [4.78, 5) is 39.3. The number of rotatable bonds is 2. The van der Waals surface area contributed by atoms with Gasteiger partial charge in [-0.1, -0.05) is 6.07 Å². The number of urea groups is 1. The Morgan fingerprint density at radius 3 is 2.80 bits per heavy atom. The molecule has 2 heterocycles. The third-order valence-corrected chi connectivity index (χ3v) is 3.18. The summed E-state index contributed by atoms with van der Waals surface area (Å²) < 4.78 is 0. The van der Waals surface area contributed by atoms with Crippen LogP contribution in [0.15, 0.2) is 30.3 Å². The minimum absolute atomic E-state index is 0.260. The largest absolute Gasteiger partial charge is 0.328 e. The maximum absolute atomic E-state index is 11.8. The van der Waals surface area contributed by atoms with Gasteiger partial charge in [0.2, 0.25) is 5.91 Å². The SMILES string of the molecule is O=Cc1ccc2cc(N3CCC(=O)NC3=O)ccc2n1. The number of carbonyl (C=O) groups is 3. The number of nitrogens with one attached hydrogen (secondary N) is 1. The Morgan fingerprint density at radius 2 is 2.05 bits per heavy atom. The van der Waals surface area contributed by atoms with Crippen molar-refractivity contribution in [1.29, 1.82) is 0 Å². The number of nitrogens with zero attached hydrogens (tertiary/aromatic N) is 2. The van der Waals surface area contributed by atoms with Crippen molar-refractivity contribution in [3.05, 3.63) is 36.0 Å². The number of pyridine rings is 1. The zero-order valence-electron chi connectivity index (χ0n) is 10.5. The van der Waals surface area contributed by atoms with E-state index in [4.69, 9.17) is 0 Å². The molecule has 3 rings (SSSR count). The van der Waals surface area contributed by atoms with E-state index in [1.165, 1.54) is 4.90 Å². The third kappa shape index (κ3) is 2.11. The van der Waals surface area contributed by atoms with Gasteiger partial charge in [0.25, 0.3) is 0 Å². The molecule has 20 heavy (non-hydrogen) atoms. The normalized spacial score (nSPS) is 15.3. The molecule has 0 unspecified atom stereocenters. The van der Waals surface area contributed by atoms with Crippen molar-refractivity contribution >= 4 is 34.8 Å². The molecule has 1 fully saturated rings. The molecule has 0 saturated carbocycles. The highest BCUT2D eigenvalue weighted by Gasteiger charge is 2.24. The number of imide groups is 1. The predicted molar refractivity (Wildman–Crippen MR) is 72.6 cm³/mol. The van der Waals surface area contributed by atoms with Gasteiger partial charge >= 0.3 is 6.03 Å². The molecular formula is C14H11N3O3. The fourth-order valence-corrected chi connectivity index (χ4v) is 2.17. The van der Waals surface area contributed by atoms with Crippen LogP contribution < -0.4 is 10.2 Å². The fraction of sp³-hybridized carbons (Fsp3) is 0.143. The van der Waals surface area contributed by atoms with Crippen LogP contribution >= 0.6 is 0 Å². The Bertz CT molecular complexity index is 727. The average molecular weight is 269 g/mol. The van der Waals surface area contributed by atoms with E-state index < -0.39 is 6.03 Å². The summed E-state index contributed by atoms with van der Waals surface area (Å²) in [5, 5.41) is 3.11. The van der Waals surface area contributed by atoms with Crippen molar-refractivity contribution in [2.24, 2.45) is 0 Å².